The van der Waals surface area contributed by atoms with Crippen LogP contribution in [-0.2, 0) is 19.6 Å². The summed E-state index contributed by atoms with van der Waals surface area (Å²) in [5.74, 6) is -0.497. The van der Waals surface area contributed by atoms with Crippen molar-refractivity contribution in [3.63, 3.8) is 0 Å². The molecule has 2 aromatic carbocycles. The Morgan fingerprint density at radius 2 is 1.78 bits per heavy atom. The highest BCUT2D eigenvalue weighted by Crippen LogP contribution is 2.36. The van der Waals surface area contributed by atoms with Crippen molar-refractivity contribution in [1.29, 1.82) is 0 Å². The first-order valence-corrected chi connectivity index (χ1v) is 13.1. The number of carbonyl (C=O) groups is 2. The molecule has 170 valence electrons. The molecule has 0 radical (unpaired) electrons. The fourth-order valence-corrected chi connectivity index (χ4v) is 6.65. The minimum absolute atomic E-state index is 0.0231. The van der Waals surface area contributed by atoms with Crippen LogP contribution >= 0.6 is 11.8 Å². The Hall–Kier alpha value is -2.36. The summed E-state index contributed by atoms with van der Waals surface area (Å²) in [5.41, 5.74) is 1.25. The Morgan fingerprint density at radius 3 is 2.50 bits per heavy atom. The van der Waals surface area contributed by atoms with Gasteiger partial charge < -0.3 is 10.6 Å². The zero-order chi connectivity index (χ0) is 22.7. The third kappa shape index (κ3) is 5.00. The lowest BCUT2D eigenvalue weighted by Gasteiger charge is -2.30. The monoisotopic (exact) mass is 473 g/mol. The molecule has 0 saturated heterocycles. The summed E-state index contributed by atoms with van der Waals surface area (Å²) < 4.78 is 27.4. The highest BCUT2D eigenvalue weighted by Gasteiger charge is 2.30. The molecule has 1 atom stereocenters. The maximum absolute atomic E-state index is 13.0. The second-order valence-corrected chi connectivity index (χ2v) is 11.4. The van der Waals surface area contributed by atoms with Crippen LogP contribution < -0.4 is 10.6 Å². The summed E-state index contributed by atoms with van der Waals surface area (Å²) >= 11 is 1.37. The van der Waals surface area contributed by atoms with Gasteiger partial charge >= 0.3 is 0 Å². The molecule has 4 rings (SSSR count). The largest absolute Gasteiger partial charge is 0.326 e. The lowest BCUT2D eigenvalue weighted by atomic mass is 9.96. The van der Waals surface area contributed by atoms with E-state index in [0.717, 1.165) is 42.7 Å². The molecule has 0 aromatic heterocycles. The lowest BCUT2D eigenvalue weighted by molar-refractivity contribution is -0.120. The molecule has 9 heteroatoms. The smallest absolute Gasteiger partial charge is 0.243 e. The van der Waals surface area contributed by atoms with E-state index in [1.165, 1.54) is 28.2 Å². The molecule has 2 N–H and O–H groups in total. The number of nitrogens with zero attached hydrogens (tertiary/aromatic N) is 1. The van der Waals surface area contributed by atoms with Crippen LogP contribution in [0.15, 0.2) is 58.3 Å². The van der Waals surface area contributed by atoms with E-state index in [-0.39, 0.29) is 29.2 Å². The van der Waals surface area contributed by atoms with Crippen molar-refractivity contribution in [2.24, 2.45) is 0 Å². The van der Waals surface area contributed by atoms with Gasteiger partial charge in [0.1, 0.15) is 0 Å². The maximum Gasteiger partial charge on any atom is 0.243 e. The van der Waals surface area contributed by atoms with Crippen molar-refractivity contribution in [3.8, 4) is 0 Å². The van der Waals surface area contributed by atoms with Crippen molar-refractivity contribution in [2.75, 3.05) is 17.7 Å². The first-order chi connectivity index (χ1) is 15.3. The van der Waals surface area contributed by atoms with E-state index in [2.05, 4.69) is 10.6 Å². The second kappa shape index (κ2) is 9.64. The fraction of sp³-hybridized carbons (Fsp3) is 0.391. The van der Waals surface area contributed by atoms with Gasteiger partial charge in [-0.15, -0.1) is 11.8 Å². The molecule has 7 nitrogen and oxygen atoms in total. The summed E-state index contributed by atoms with van der Waals surface area (Å²) in [6, 6.07) is 13.7. The van der Waals surface area contributed by atoms with Gasteiger partial charge in [0.2, 0.25) is 21.8 Å². The zero-order valence-corrected chi connectivity index (χ0v) is 19.5. The zero-order valence-electron chi connectivity index (χ0n) is 17.9. The Balaban J connectivity index is 1.37. The van der Waals surface area contributed by atoms with Gasteiger partial charge in [0.25, 0.3) is 0 Å². The van der Waals surface area contributed by atoms with Crippen LogP contribution in [0.25, 0.3) is 0 Å². The van der Waals surface area contributed by atoms with Gasteiger partial charge in [-0.2, -0.15) is 4.31 Å². The Morgan fingerprint density at radius 1 is 1.09 bits per heavy atom. The third-order valence-corrected chi connectivity index (χ3v) is 9.18. The van der Waals surface area contributed by atoms with Gasteiger partial charge in [0, 0.05) is 30.1 Å². The van der Waals surface area contributed by atoms with Gasteiger partial charge in [-0.1, -0.05) is 31.4 Å². The van der Waals surface area contributed by atoms with Crippen molar-refractivity contribution in [3.05, 3.63) is 48.5 Å². The number of hydrogen-bond acceptors (Lipinski definition) is 5. The highest BCUT2D eigenvalue weighted by molar-refractivity contribution is 8.01. The van der Waals surface area contributed by atoms with Crippen LogP contribution in [0.1, 0.15) is 38.5 Å². The molecule has 1 unspecified atom stereocenters. The number of sulfonamides is 1. The average Bonchev–Trinajstić information content (AvgIpc) is 2.80. The first kappa shape index (κ1) is 22.8. The van der Waals surface area contributed by atoms with E-state index in [4.69, 9.17) is 0 Å². The molecule has 32 heavy (non-hydrogen) atoms. The van der Waals surface area contributed by atoms with Crippen LogP contribution in [0.4, 0.5) is 11.4 Å². The van der Waals surface area contributed by atoms with E-state index >= 15 is 0 Å². The molecule has 1 saturated carbocycles. The quantitative estimate of drug-likeness (QED) is 0.659. The van der Waals surface area contributed by atoms with E-state index < -0.39 is 15.3 Å². The standard InChI is InChI=1S/C23H27N3O4S2/c1-26(17-7-3-2-4-8-17)32(29,30)18-13-11-16(12-14-18)24-22(27)15-21-23(28)25-19-9-5-6-10-20(19)31-21/h5-6,9-14,17,21H,2-4,7-8,15H2,1H3,(H,24,27)(H,25,28). The molecule has 2 aliphatic rings. The number of benzene rings is 2. The number of para-hydroxylation sites is 1. The number of anilines is 2. The molecule has 1 aliphatic heterocycles. The Kier molecular flexibility index (Phi) is 6.88. The molecular formula is C23H27N3O4S2. The van der Waals surface area contributed by atoms with Crippen LogP contribution in [0.3, 0.4) is 0 Å². The van der Waals surface area contributed by atoms with Gasteiger partial charge in [0.15, 0.2) is 0 Å². The summed E-state index contributed by atoms with van der Waals surface area (Å²) in [6.45, 7) is 0. The topological polar surface area (TPSA) is 95.6 Å². The molecule has 1 heterocycles. The van der Waals surface area contributed by atoms with E-state index in [9.17, 15) is 18.0 Å². The summed E-state index contributed by atoms with van der Waals surface area (Å²) in [4.78, 5) is 26.0. The predicted octanol–water partition coefficient (Wildman–Crippen LogP) is 4.08. The summed E-state index contributed by atoms with van der Waals surface area (Å²) in [5, 5.41) is 5.07. The summed E-state index contributed by atoms with van der Waals surface area (Å²) in [6.07, 6.45) is 5.07. The molecule has 0 bridgehead atoms. The van der Waals surface area contributed by atoms with E-state index in [1.54, 1.807) is 19.2 Å². The minimum Gasteiger partial charge on any atom is -0.326 e. The average molecular weight is 474 g/mol. The second-order valence-electron chi connectivity index (χ2n) is 8.18. The number of rotatable bonds is 6. The maximum atomic E-state index is 13.0. The van der Waals surface area contributed by atoms with Crippen molar-refractivity contribution in [1.82, 2.24) is 4.31 Å². The van der Waals surface area contributed by atoms with E-state index in [1.807, 2.05) is 24.3 Å². The fourth-order valence-electron chi connectivity index (χ4n) is 4.12. The molecule has 2 aromatic rings. The van der Waals surface area contributed by atoms with Crippen LogP contribution in [-0.4, -0.2) is 42.9 Å². The number of carbonyl (C=O) groups excluding carboxylic acids is 2. The highest BCUT2D eigenvalue weighted by atomic mass is 32.2. The Labute approximate surface area is 193 Å². The van der Waals surface area contributed by atoms with Crippen LogP contribution in [0, 0.1) is 0 Å². The SMILES string of the molecule is CN(C1CCCCC1)S(=O)(=O)c1ccc(NC(=O)CC2Sc3ccccc3NC2=O)cc1. The predicted molar refractivity (Wildman–Crippen MR) is 126 cm³/mol. The van der Waals surface area contributed by atoms with E-state index in [0.29, 0.717) is 5.69 Å². The molecule has 2 amide bonds. The van der Waals surface area contributed by atoms with Gasteiger partial charge in [-0.25, -0.2) is 8.42 Å². The van der Waals surface area contributed by atoms with Gasteiger partial charge in [-0.05, 0) is 49.2 Å². The molecule has 1 aliphatic carbocycles. The number of thioether (sulfide) groups is 1. The number of nitrogens with one attached hydrogen (secondary N) is 2. The molecule has 1 fully saturated rings. The molecular weight excluding hydrogens is 446 g/mol. The van der Waals surface area contributed by atoms with Crippen molar-refractivity contribution < 1.29 is 18.0 Å². The third-order valence-electron chi connectivity index (χ3n) is 5.98. The number of fused-ring (bicyclic) bond motifs is 1. The van der Waals surface area contributed by atoms with Gasteiger partial charge in [-0.3, -0.25) is 9.59 Å². The lowest BCUT2D eigenvalue weighted by Crippen LogP contribution is -2.38. The number of amides is 2. The first-order valence-electron chi connectivity index (χ1n) is 10.8. The van der Waals surface area contributed by atoms with Crippen LogP contribution in [0.2, 0.25) is 0 Å². The molecule has 0 spiro atoms. The minimum atomic E-state index is -3.58. The van der Waals surface area contributed by atoms with Crippen molar-refractivity contribution in [2.45, 2.75) is 59.6 Å². The van der Waals surface area contributed by atoms with Crippen molar-refractivity contribution >= 4 is 45.0 Å². The normalized spacial score (nSPS) is 19.3. The Bertz CT molecular complexity index is 1100. The van der Waals surface area contributed by atoms with Gasteiger partial charge in [0.05, 0.1) is 15.8 Å². The van der Waals surface area contributed by atoms with Crippen LogP contribution in [0.5, 0.6) is 0 Å². The summed E-state index contributed by atoms with van der Waals surface area (Å²) in [7, 11) is -1.93. The number of hydrogen-bond donors (Lipinski definition) is 2.